The average Bonchev–Trinajstić information content (AvgIpc) is 1.94. The van der Waals surface area contributed by atoms with Crippen molar-refractivity contribution in [2.45, 2.75) is 0 Å². The molecule has 1 atom stereocenters. The van der Waals surface area contributed by atoms with E-state index in [1.54, 1.807) is 7.11 Å². The molecule has 0 aliphatic rings. The van der Waals surface area contributed by atoms with Gasteiger partial charge in [0.25, 0.3) is 0 Å². The quantitative estimate of drug-likeness (QED) is 0.480. The summed E-state index contributed by atoms with van der Waals surface area (Å²) in [5.41, 5.74) is 6.24. The molecule has 0 amide bonds. The maximum Gasteiger partial charge on any atom is 0.142 e. The van der Waals surface area contributed by atoms with Gasteiger partial charge in [0.05, 0.1) is 12.8 Å². The maximum atomic E-state index is 5.57. The molecule has 2 N–H and O–H groups in total. The van der Waals surface area contributed by atoms with Gasteiger partial charge in [0.2, 0.25) is 0 Å². The first-order chi connectivity index (χ1) is 4.74. The highest BCUT2D eigenvalue weighted by Crippen LogP contribution is 2.18. The molecule has 1 aromatic rings. The lowest BCUT2D eigenvalue weighted by Crippen LogP contribution is -1.97. The van der Waals surface area contributed by atoms with Crippen LogP contribution in [0.4, 0.5) is 5.69 Å². The number of nitrogen functional groups attached to an aromatic ring is 1. The number of hydrogen-bond donors (Lipinski definition) is 1. The van der Waals surface area contributed by atoms with E-state index in [9.17, 15) is 0 Å². The van der Waals surface area contributed by atoms with E-state index in [0.29, 0.717) is 5.69 Å². The summed E-state index contributed by atoms with van der Waals surface area (Å²) in [6.45, 7) is 0. The van der Waals surface area contributed by atoms with E-state index in [2.05, 4.69) is 9.24 Å². The smallest absolute Gasteiger partial charge is 0.142 e. The Morgan fingerprint density at radius 1 is 1.50 bits per heavy atom. The molecular formula is C7H10NOP. The van der Waals surface area contributed by atoms with E-state index in [4.69, 9.17) is 10.5 Å². The maximum absolute atomic E-state index is 5.57. The average molecular weight is 155 g/mol. The third-order valence-corrected chi connectivity index (χ3v) is 1.62. The highest BCUT2D eigenvalue weighted by atomic mass is 31.0. The number of methoxy groups -OCH3 is 1. The van der Waals surface area contributed by atoms with Gasteiger partial charge >= 0.3 is 0 Å². The van der Waals surface area contributed by atoms with Crippen LogP contribution in [0.1, 0.15) is 0 Å². The summed E-state index contributed by atoms with van der Waals surface area (Å²) in [7, 11) is 4.19. The fourth-order valence-electron chi connectivity index (χ4n) is 0.728. The van der Waals surface area contributed by atoms with E-state index in [0.717, 1.165) is 11.1 Å². The van der Waals surface area contributed by atoms with Crippen molar-refractivity contribution < 1.29 is 4.74 Å². The normalized spacial score (nSPS) is 9.40. The lowest BCUT2D eigenvalue weighted by Gasteiger charge is -2.03. The second-order valence-corrected chi connectivity index (χ2v) is 2.67. The van der Waals surface area contributed by atoms with Gasteiger partial charge in [-0.05, 0) is 17.4 Å². The van der Waals surface area contributed by atoms with Crippen LogP contribution in [-0.2, 0) is 0 Å². The molecule has 54 valence electrons. The number of benzene rings is 1. The molecule has 3 heteroatoms. The molecule has 2 nitrogen and oxygen atoms in total. The standard InChI is InChI=1S/C7H10NOP/c1-9-7-4-5(10)2-3-6(7)8/h2-4H,8,10H2,1H3. The predicted octanol–water partition coefficient (Wildman–Crippen LogP) is 0.778. The predicted molar refractivity (Wildman–Crippen MR) is 46.8 cm³/mol. The van der Waals surface area contributed by atoms with Gasteiger partial charge in [-0.3, -0.25) is 0 Å². The Labute approximate surface area is 62.6 Å². The highest BCUT2D eigenvalue weighted by molar-refractivity contribution is 7.27. The molecule has 1 aromatic carbocycles. The Balaban J connectivity index is 3.09. The molecule has 0 saturated heterocycles. The summed E-state index contributed by atoms with van der Waals surface area (Å²) < 4.78 is 4.99. The van der Waals surface area contributed by atoms with Gasteiger partial charge in [0.15, 0.2) is 0 Å². The first-order valence-electron chi connectivity index (χ1n) is 2.93. The fourth-order valence-corrected chi connectivity index (χ4v) is 0.975. The Hall–Kier alpha value is -0.750. The molecule has 0 saturated carbocycles. The van der Waals surface area contributed by atoms with Crippen LogP contribution in [0.5, 0.6) is 5.75 Å². The zero-order valence-electron chi connectivity index (χ0n) is 5.79. The summed E-state index contributed by atoms with van der Waals surface area (Å²) in [5, 5.41) is 1.08. The zero-order valence-corrected chi connectivity index (χ0v) is 6.95. The van der Waals surface area contributed by atoms with Gasteiger partial charge in [0, 0.05) is 0 Å². The van der Waals surface area contributed by atoms with Gasteiger partial charge in [-0.15, -0.1) is 9.24 Å². The monoisotopic (exact) mass is 155 g/mol. The Bertz CT molecular complexity index is 237. The summed E-state index contributed by atoms with van der Waals surface area (Å²) in [6.07, 6.45) is 0. The first kappa shape index (κ1) is 7.36. The van der Waals surface area contributed by atoms with Crippen LogP contribution < -0.4 is 15.8 Å². The topological polar surface area (TPSA) is 35.2 Å². The van der Waals surface area contributed by atoms with Gasteiger partial charge in [0.1, 0.15) is 5.75 Å². The summed E-state index contributed by atoms with van der Waals surface area (Å²) in [5.74, 6) is 0.729. The molecule has 0 aromatic heterocycles. The highest BCUT2D eigenvalue weighted by Gasteiger charge is 1.95. The molecule has 1 rings (SSSR count). The zero-order chi connectivity index (χ0) is 7.56. The van der Waals surface area contributed by atoms with E-state index < -0.39 is 0 Å². The van der Waals surface area contributed by atoms with Crippen LogP contribution in [0.15, 0.2) is 18.2 Å². The molecule has 0 radical (unpaired) electrons. The summed E-state index contributed by atoms with van der Waals surface area (Å²) >= 11 is 0. The van der Waals surface area contributed by atoms with E-state index in [1.807, 2.05) is 18.2 Å². The van der Waals surface area contributed by atoms with Crippen molar-refractivity contribution in [3.8, 4) is 5.75 Å². The SMILES string of the molecule is COc1cc(P)ccc1N. The lowest BCUT2D eigenvalue weighted by molar-refractivity contribution is 0.417. The Morgan fingerprint density at radius 2 is 2.20 bits per heavy atom. The van der Waals surface area contributed by atoms with E-state index in [-0.39, 0.29) is 0 Å². The van der Waals surface area contributed by atoms with Gasteiger partial charge in [-0.25, -0.2) is 0 Å². The third kappa shape index (κ3) is 1.39. The van der Waals surface area contributed by atoms with Crippen LogP contribution in [0, 0.1) is 0 Å². The number of ether oxygens (including phenoxy) is 1. The van der Waals surface area contributed by atoms with Gasteiger partial charge in [-0.2, -0.15) is 0 Å². The molecule has 0 fully saturated rings. The van der Waals surface area contributed by atoms with Crippen LogP contribution in [0.3, 0.4) is 0 Å². The van der Waals surface area contributed by atoms with Crippen LogP contribution >= 0.6 is 9.24 Å². The second kappa shape index (κ2) is 2.89. The molecule has 0 bridgehead atoms. The molecular weight excluding hydrogens is 145 g/mol. The largest absolute Gasteiger partial charge is 0.495 e. The van der Waals surface area contributed by atoms with Crippen molar-refractivity contribution in [1.29, 1.82) is 0 Å². The van der Waals surface area contributed by atoms with Crippen molar-refractivity contribution in [2.24, 2.45) is 0 Å². The van der Waals surface area contributed by atoms with Crippen molar-refractivity contribution in [3.63, 3.8) is 0 Å². The summed E-state index contributed by atoms with van der Waals surface area (Å²) in [4.78, 5) is 0. The van der Waals surface area contributed by atoms with Crippen LogP contribution in [0.2, 0.25) is 0 Å². The van der Waals surface area contributed by atoms with Gasteiger partial charge < -0.3 is 10.5 Å². The minimum atomic E-state index is 0.675. The first-order valence-corrected chi connectivity index (χ1v) is 3.51. The van der Waals surface area contributed by atoms with Crippen molar-refractivity contribution >= 4 is 20.2 Å². The molecule has 0 aliphatic heterocycles. The molecule has 0 aliphatic carbocycles. The van der Waals surface area contributed by atoms with Crippen molar-refractivity contribution in [3.05, 3.63) is 18.2 Å². The molecule has 0 heterocycles. The number of anilines is 1. The van der Waals surface area contributed by atoms with E-state index >= 15 is 0 Å². The number of rotatable bonds is 1. The minimum absolute atomic E-state index is 0.675. The Morgan fingerprint density at radius 3 is 2.70 bits per heavy atom. The van der Waals surface area contributed by atoms with E-state index in [1.165, 1.54) is 0 Å². The molecule has 1 unspecified atom stereocenters. The summed E-state index contributed by atoms with van der Waals surface area (Å²) in [6, 6.07) is 5.61. The lowest BCUT2D eigenvalue weighted by atomic mass is 10.3. The third-order valence-electron chi connectivity index (χ3n) is 1.26. The van der Waals surface area contributed by atoms with Gasteiger partial charge in [-0.1, -0.05) is 6.07 Å². The fraction of sp³-hybridized carbons (Fsp3) is 0.143. The number of nitrogens with two attached hydrogens (primary N) is 1. The molecule has 0 spiro atoms. The molecule has 10 heavy (non-hydrogen) atoms. The second-order valence-electron chi connectivity index (χ2n) is 2.00. The van der Waals surface area contributed by atoms with Crippen LogP contribution in [-0.4, -0.2) is 7.11 Å². The Kier molecular flexibility index (Phi) is 2.13. The minimum Gasteiger partial charge on any atom is -0.495 e. The van der Waals surface area contributed by atoms with Crippen molar-refractivity contribution in [1.82, 2.24) is 0 Å². The number of hydrogen-bond acceptors (Lipinski definition) is 2. The van der Waals surface area contributed by atoms with Crippen molar-refractivity contribution in [2.75, 3.05) is 12.8 Å². The van der Waals surface area contributed by atoms with Crippen LogP contribution in [0.25, 0.3) is 0 Å².